The van der Waals surface area contributed by atoms with Crippen LogP contribution in [-0.2, 0) is 6.61 Å². The molecule has 0 atom stereocenters. The minimum Gasteiger partial charge on any atom is -0.473 e. The number of anilines is 1. The van der Waals surface area contributed by atoms with Crippen LogP contribution >= 0.6 is 23.2 Å². The second kappa shape index (κ2) is 9.67. The third kappa shape index (κ3) is 5.82. The van der Waals surface area contributed by atoms with Crippen molar-refractivity contribution in [3.63, 3.8) is 0 Å². The molecule has 1 aromatic carbocycles. The van der Waals surface area contributed by atoms with Crippen molar-refractivity contribution in [3.8, 4) is 5.88 Å². The average Bonchev–Trinajstić information content (AvgIpc) is 2.58. The van der Waals surface area contributed by atoms with E-state index in [1.807, 2.05) is 6.07 Å². The molecule has 0 radical (unpaired) electrons. The molecule has 5 nitrogen and oxygen atoms in total. The molecular formula is C17H22Cl2N4O. The standard InChI is InChI=1S/C17H22Cl2N4O/c1-3-23(4-2)10-9-21-17-20-8-7-16(22-17)24-12-13-5-6-14(18)11-15(13)19/h5-8,11H,3-4,9-10,12H2,1-2H3,(H,20,21,22). The van der Waals surface area contributed by atoms with Crippen LogP contribution < -0.4 is 10.1 Å². The molecule has 0 saturated carbocycles. The summed E-state index contributed by atoms with van der Waals surface area (Å²) in [7, 11) is 0. The number of nitrogens with one attached hydrogen (secondary N) is 1. The lowest BCUT2D eigenvalue weighted by Gasteiger charge is -2.17. The first-order valence-corrected chi connectivity index (χ1v) is 8.74. The highest BCUT2D eigenvalue weighted by Gasteiger charge is 2.05. The Kier molecular flexibility index (Phi) is 7.56. The van der Waals surface area contributed by atoms with Crippen molar-refractivity contribution in [1.29, 1.82) is 0 Å². The maximum Gasteiger partial charge on any atom is 0.225 e. The fourth-order valence-electron chi connectivity index (χ4n) is 2.16. The molecule has 0 saturated heterocycles. The summed E-state index contributed by atoms with van der Waals surface area (Å²) in [5, 5.41) is 4.39. The first-order chi connectivity index (χ1) is 11.6. The molecule has 130 valence electrons. The number of aromatic nitrogens is 2. The van der Waals surface area contributed by atoms with Crippen molar-refractivity contribution in [1.82, 2.24) is 14.9 Å². The molecule has 1 N–H and O–H groups in total. The second-order valence-corrected chi connectivity index (χ2v) is 6.04. The van der Waals surface area contributed by atoms with Gasteiger partial charge in [0.2, 0.25) is 11.8 Å². The fourth-order valence-corrected chi connectivity index (χ4v) is 2.63. The van der Waals surface area contributed by atoms with Crippen molar-refractivity contribution in [3.05, 3.63) is 46.1 Å². The Morgan fingerprint density at radius 3 is 2.67 bits per heavy atom. The zero-order valence-corrected chi connectivity index (χ0v) is 15.4. The summed E-state index contributed by atoms with van der Waals surface area (Å²) in [4.78, 5) is 10.9. The highest BCUT2D eigenvalue weighted by Crippen LogP contribution is 2.22. The molecule has 7 heteroatoms. The average molecular weight is 369 g/mol. The Balaban J connectivity index is 1.88. The topological polar surface area (TPSA) is 50.3 Å². The van der Waals surface area contributed by atoms with Gasteiger partial charge >= 0.3 is 0 Å². The summed E-state index contributed by atoms with van der Waals surface area (Å²) < 4.78 is 5.69. The summed E-state index contributed by atoms with van der Waals surface area (Å²) >= 11 is 12.0. The van der Waals surface area contributed by atoms with Gasteiger partial charge in [-0.2, -0.15) is 4.98 Å². The van der Waals surface area contributed by atoms with E-state index in [4.69, 9.17) is 27.9 Å². The van der Waals surface area contributed by atoms with E-state index in [2.05, 4.69) is 34.0 Å². The van der Waals surface area contributed by atoms with E-state index in [1.54, 1.807) is 24.4 Å². The Hall–Kier alpha value is -1.56. The van der Waals surface area contributed by atoms with E-state index in [0.717, 1.165) is 31.7 Å². The number of nitrogens with zero attached hydrogens (tertiary/aromatic N) is 3. The van der Waals surface area contributed by atoms with Gasteiger partial charge in [-0.1, -0.05) is 43.1 Å². The van der Waals surface area contributed by atoms with Crippen molar-refractivity contribution < 1.29 is 4.74 Å². The highest BCUT2D eigenvalue weighted by molar-refractivity contribution is 6.35. The van der Waals surface area contributed by atoms with Crippen LogP contribution in [0.25, 0.3) is 0 Å². The van der Waals surface area contributed by atoms with Crippen molar-refractivity contribution in [2.24, 2.45) is 0 Å². The normalized spacial score (nSPS) is 10.9. The maximum absolute atomic E-state index is 6.14. The lowest BCUT2D eigenvalue weighted by atomic mass is 10.2. The third-order valence-electron chi connectivity index (χ3n) is 3.63. The maximum atomic E-state index is 6.14. The van der Waals surface area contributed by atoms with Crippen LogP contribution in [0.2, 0.25) is 10.0 Å². The van der Waals surface area contributed by atoms with Crippen LogP contribution in [0.4, 0.5) is 5.95 Å². The Morgan fingerprint density at radius 1 is 1.17 bits per heavy atom. The molecule has 0 bridgehead atoms. The molecule has 24 heavy (non-hydrogen) atoms. The number of benzene rings is 1. The zero-order chi connectivity index (χ0) is 17.4. The summed E-state index contributed by atoms with van der Waals surface area (Å²) in [6.45, 7) is 8.42. The molecule has 1 heterocycles. The van der Waals surface area contributed by atoms with Gasteiger partial charge in [-0.25, -0.2) is 4.98 Å². The summed E-state index contributed by atoms with van der Waals surface area (Å²) in [6.07, 6.45) is 1.67. The lowest BCUT2D eigenvalue weighted by Crippen LogP contribution is -2.28. The van der Waals surface area contributed by atoms with Crippen LogP contribution in [0.1, 0.15) is 19.4 Å². The van der Waals surface area contributed by atoms with Gasteiger partial charge in [0.05, 0.1) is 0 Å². The number of likely N-dealkylation sites (N-methyl/N-ethyl adjacent to an activating group) is 1. The van der Waals surface area contributed by atoms with E-state index in [-0.39, 0.29) is 0 Å². The van der Waals surface area contributed by atoms with Gasteiger partial charge in [0.25, 0.3) is 0 Å². The predicted molar refractivity (Wildman–Crippen MR) is 99.1 cm³/mol. The van der Waals surface area contributed by atoms with Crippen molar-refractivity contribution in [2.45, 2.75) is 20.5 Å². The number of ether oxygens (including phenoxy) is 1. The minimum atomic E-state index is 0.325. The molecule has 0 spiro atoms. The number of halogens is 2. The molecule has 2 rings (SSSR count). The Labute approximate surface area is 153 Å². The van der Waals surface area contributed by atoms with Gasteiger partial charge < -0.3 is 15.0 Å². The monoisotopic (exact) mass is 368 g/mol. The van der Waals surface area contributed by atoms with Gasteiger partial charge in [0, 0.05) is 41.0 Å². The molecular weight excluding hydrogens is 347 g/mol. The van der Waals surface area contributed by atoms with Crippen molar-refractivity contribution >= 4 is 29.2 Å². The molecule has 0 unspecified atom stereocenters. The smallest absolute Gasteiger partial charge is 0.225 e. The predicted octanol–water partition coefficient (Wildman–Crippen LogP) is 4.12. The van der Waals surface area contributed by atoms with E-state index in [0.29, 0.717) is 28.5 Å². The molecule has 0 aliphatic carbocycles. The summed E-state index contributed by atoms with van der Waals surface area (Å²) in [5.74, 6) is 1.06. The van der Waals surface area contributed by atoms with Gasteiger partial charge in [-0.3, -0.25) is 0 Å². The molecule has 1 aromatic heterocycles. The van der Waals surface area contributed by atoms with Gasteiger partial charge in [0.15, 0.2) is 0 Å². The second-order valence-electron chi connectivity index (χ2n) is 5.20. The molecule has 0 aliphatic heterocycles. The van der Waals surface area contributed by atoms with E-state index in [1.165, 1.54) is 0 Å². The van der Waals surface area contributed by atoms with Gasteiger partial charge in [-0.15, -0.1) is 0 Å². The highest BCUT2D eigenvalue weighted by atomic mass is 35.5. The lowest BCUT2D eigenvalue weighted by molar-refractivity contribution is 0.293. The number of hydrogen-bond donors (Lipinski definition) is 1. The first-order valence-electron chi connectivity index (χ1n) is 7.98. The molecule has 0 amide bonds. The molecule has 0 aliphatic rings. The fraction of sp³-hybridized carbons (Fsp3) is 0.412. The van der Waals surface area contributed by atoms with Crippen LogP contribution in [0.3, 0.4) is 0 Å². The van der Waals surface area contributed by atoms with Crippen LogP contribution in [0.5, 0.6) is 5.88 Å². The summed E-state index contributed by atoms with van der Waals surface area (Å²) in [5.41, 5.74) is 0.857. The van der Waals surface area contributed by atoms with Gasteiger partial charge in [0.1, 0.15) is 6.61 Å². The van der Waals surface area contributed by atoms with Gasteiger partial charge in [-0.05, 0) is 25.2 Å². The SMILES string of the molecule is CCN(CC)CCNc1nccc(OCc2ccc(Cl)cc2Cl)n1. The number of hydrogen-bond acceptors (Lipinski definition) is 5. The molecule has 0 fully saturated rings. The van der Waals surface area contributed by atoms with Crippen LogP contribution in [0, 0.1) is 0 Å². The largest absolute Gasteiger partial charge is 0.473 e. The molecule has 2 aromatic rings. The van der Waals surface area contributed by atoms with Crippen LogP contribution in [0.15, 0.2) is 30.5 Å². The first kappa shape index (κ1) is 18.8. The third-order valence-corrected chi connectivity index (χ3v) is 4.21. The van der Waals surface area contributed by atoms with Crippen molar-refractivity contribution in [2.75, 3.05) is 31.5 Å². The zero-order valence-electron chi connectivity index (χ0n) is 13.9. The van der Waals surface area contributed by atoms with E-state index >= 15 is 0 Å². The summed E-state index contributed by atoms with van der Waals surface area (Å²) in [6, 6.07) is 7.04. The number of rotatable bonds is 9. The quantitative estimate of drug-likeness (QED) is 0.721. The van der Waals surface area contributed by atoms with E-state index < -0.39 is 0 Å². The Bertz CT molecular complexity index is 650. The van der Waals surface area contributed by atoms with Crippen LogP contribution in [-0.4, -0.2) is 41.0 Å². The Morgan fingerprint density at radius 2 is 1.96 bits per heavy atom. The van der Waals surface area contributed by atoms with E-state index in [9.17, 15) is 0 Å². The minimum absolute atomic E-state index is 0.325.